The van der Waals surface area contributed by atoms with E-state index in [9.17, 15) is 0 Å². The molecule has 7 heteroatoms. The minimum Gasteiger partial charge on any atom is -0.493 e. The third-order valence-electron chi connectivity index (χ3n) is 5.61. The number of anilines is 1. The standard InChI is InChI=1S/C24H26N4O3/c1-4-19(16-9-10-20(29-3)21(11-16)31-18-7-5-6-8-18)22(23-28-15(2)14-30-23)17-12-26-24(25)27-13-17/h1,9-14,18-19,22H,5-8H2,2-3H3,(H2,25,26,27). The molecule has 0 radical (unpaired) electrons. The fourth-order valence-corrected chi connectivity index (χ4v) is 4.05. The number of terminal acetylenes is 1. The summed E-state index contributed by atoms with van der Waals surface area (Å²) in [5, 5.41) is 0. The van der Waals surface area contributed by atoms with E-state index >= 15 is 0 Å². The Morgan fingerprint density at radius 2 is 1.90 bits per heavy atom. The van der Waals surface area contributed by atoms with Crippen molar-refractivity contribution in [3.8, 4) is 23.8 Å². The fraction of sp³-hybridized carbons (Fsp3) is 0.375. The predicted octanol–water partition coefficient (Wildman–Crippen LogP) is 4.23. The minimum atomic E-state index is -0.387. The SMILES string of the molecule is C#CC(c1ccc(OC)c(OC2CCCC2)c1)C(c1cnc(N)nc1)c1nc(C)co1. The molecule has 4 rings (SSSR count). The molecule has 1 aliphatic carbocycles. The molecular formula is C24H26N4O3. The molecular weight excluding hydrogens is 392 g/mol. The molecule has 3 aromatic rings. The second kappa shape index (κ2) is 9.09. The Kier molecular flexibility index (Phi) is 6.08. The maximum atomic E-state index is 6.27. The molecule has 2 atom stereocenters. The summed E-state index contributed by atoms with van der Waals surface area (Å²) in [6.07, 6.45) is 15.6. The lowest BCUT2D eigenvalue weighted by Crippen LogP contribution is -2.15. The maximum Gasteiger partial charge on any atom is 0.219 e. The molecule has 2 aromatic heterocycles. The number of nitrogen functional groups attached to an aromatic ring is 1. The zero-order valence-electron chi connectivity index (χ0n) is 17.7. The van der Waals surface area contributed by atoms with Crippen LogP contribution in [0.3, 0.4) is 0 Å². The molecule has 2 heterocycles. The number of oxazole rings is 1. The molecule has 2 N–H and O–H groups in total. The first-order chi connectivity index (χ1) is 15.1. The van der Waals surface area contributed by atoms with Gasteiger partial charge in [-0.1, -0.05) is 12.0 Å². The molecule has 2 unspecified atom stereocenters. The van der Waals surface area contributed by atoms with Crippen molar-refractivity contribution >= 4 is 5.95 Å². The predicted molar refractivity (Wildman–Crippen MR) is 117 cm³/mol. The first-order valence-corrected chi connectivity index (χ1v) is 10.4. The number of nitrogens with zero attached hydrogens (tertiary/aromatic N) is 3. The van der Waals surface area contributed by atoms with Crippen LogP contribution < -0.4 is 15.2 Å². The fourth-order valence-electron chi connectivity index (χ4n) is 4.05. The molecule has 1 saturated carbocycles. The van der Waals surface area contributed by atoms with Gasteiger partial charge in [0.15, 0.2) is 11.5 Å². The van der Waals surface area contributed by atoms with Gasteiger partial charge in [0.2, 0.25) is 11.8 Å². The van der Waals surface area contributed by atoms with Crippen LogP contribution in [0.5, 0.6) is 11.5 Å². The number of methoxy groups -OCH3 is 1. The van der Waals surface area contributed by atoms with Gasteiger partial charge in [-0.15, -0.1) is 6.42 Å². The summed E-state index contributed by atoms with van der Waals surface area (Å²) < 4.78 is 17.5. The van der Waals surface area contributed by atoms with Gasteiger partial charge in [0.05, 0.1) is 30.7 Å². The summed E-state index contributed by atoms with van der Waals surface area (Å²) in [5.74, 6) is 4.23. The molecule has 0 amide bonds. The Balaban J connectivity index is 1.75. The average molecular weight is 418 g/mol. The lowest BCUT2D eigenvalue weighted by atomic mass is 9.82. The number of aromatic nitrogens is 3. The van der Waals surface area contributed by atoms with Gasteiger partial charge in [-0.3, -0.25) is 0 Å². The Morgan fingerprint density at radius 1 is 1.16 bits per heavy atom. The second-order valence-corrected chi connectivity index (χ2v) is 7.76. The third kappa shape index (κ3) is 4.48. The summed E-state index contributed by atoms with van der Waals surface area (Å²) in [7, 11) is 1.64. The van der Waals surface area contributed by atoms with Crippen molar-refractivity contribution in [1.82, 2.24) is 15.0 Å². The quantitative estimate of drug-likeness (QED) is 0.573. The van der Waals surface area contributed by atoms with Gasteiger partial charge >= 0.3 is 0 Å². The van der Waals surface area contributed by atoms with Gasteiger partial charge in [0.1, 0.15) is 6.26 Å². The van der Waals surface area contributed by atoms with E-state index in [2.05, 4.69) is 20.9 Å². The van der Waals surface area contributed by atoms with E-state index in [4.69, 9.17) is 26.0 Å². The van der Waals surface area contributed by atoms with Crippen LogP contribution in [-0.2, 0) is 0 Å². The zero-order chi connectivity index (χ0) is 21.8. The molecule has 31 heavy (non-hydrogen) atoms. The Hall–Kier alpha value is -3.53. The Labute approximate surface area is 182 Å². The summed E-state index contributed by atoms with van der Waals surface area (Å²) in [6.45, 7) is 1.87. The highest BCUT2D eigenvalue weighted by atomic mass is 16.5. The van der Waals surface area contributed by atoms with E-state index in [-0.39, 0.29) is 23.9 Å². The van der Waals surface area contributed by atoms with Crippen LogP contribution in [0.1, 0.15) is 60.2 Å². The molecule has 0 saturated heterocycles. The van der Waals surface area contributed by atoms with Gasteiger partial charge < -0.3 is 19.6 Å². The van der Waals surface area contributed by atoms with Gasteiger partial charge in [-0.2, -0.15) is 0 Å². The monoisotopic (exact) mass is 418 g/mol. The van der Waals surface area contributed by atoms with E-state index in [1.54, 1.807) is 25.8 Å². The van der Waals surface area contributed by atoms with Crippen molar-refractivity contribution in [3.05, 3.63) is 59.6 Å². The molecule has 1 fully saturated rings. The maximum absolute atomic E-state index is 6.27. The number of aryl methyl sites for hydroxylation is 1. The Bertz CT molecular complexity index is 1070. The Morgan fingerprint density at radius 3 is 2.52 bits per heavy atom. The number of nitrogens with two attached hydrogens (primary N) is 1. The van der Waals surface area contributed by atoms with Crippen molar-refractivity contribution in [2.75, 3.05) is 12.8 Å². The van der Waals surface area contributed by atoms with E-state index in [1.807, 2.05) is 25.1 Å². The molecule has 7 nitrogen and oxygen atoms in total. The second-order valence-electron chi connectivity index (χ2n) is 7.76. The van der Waals surface area contributed by atoms with Gasteiger partial charge in [-0.05, 0) is 50.3 Å². The van der Waals surface area contributed by atoms with Crippen molar-refractivity contribution in [1.29, 1.82) is 0 Å². The topological polar surface area (TPSA) is 96.3 Å². The van der Waals surface area contributed by atoms with Gasteiger partial charge in [0.25, 0.3) is 0 Å². The number of hydrogen-bond acceptors (Lipinski definition) is 7. The largest absolute Gasteiger partial charge is 0.493 e. The normalized spacial score (nSPS) is 15.9. The number of ether oxygens (including phenoxy) is 2. The van der Waals surface area contributed by atoms with E-state index in [0.29, 0.717) is 17.4 Å². The lowest BCUT2D eigenvalue weighted by molar-refractivity contribution is 0.200. The van der Waals surface area contributed by atoms with Crippen LogP contribution in [0, 0.1) is 19.3 Å². The molecule has 1 aromatic carbocycles. The summed E-state index contributed by atoms with van der Waals surface area (Å²) in [5.41, 5.74) is 8.13. The zero-order valence-corrected chi connectivity index (χ0v) is 17.7. The van der Waals surface area contributed by atoms with Gasteiger partial charge in [0, 0.05) is 18.0 Å². The highest BCUT2D eigenvalue weighted by Gasteiger charge is 2.31. The smallest absolute Gasteiger partial charge is 0.219 e. The summed E-state index contributed by atoms with van der Waals surface area (Å²) in [6, 6.07) is 5.80. The van der Waals surface area contributed by atoms with Crippen LogP contribution in [0.25, 0.3) is 0 Å². The summed E-state index contributed by atoms with van der Waals surface area (Å²) in [4.78, 5) is 12.8. The van der Waals surface area contributed by atoms with Crippen LogP contribution in [0.2, 0.25) is 0 Å². The third-order valence-corrected chi connectivity index (χ3v) is 5.61. The molecule has 0 spiro atoms. The first kappa shape index (κ1) is 20.7. The molecule has 1 aliphatic rings. The number of benzene rings is 1. The van der Waals surface area contributed by atoms with E-state index < -0.39 is 0 Å². The molecule has 160 valence electrons. The average Bonchev–Trinajstić information content (AvgIpc) is 3.44. The van der Waals surface area contributed by atoms with Crippen LogP contribution in [0.15, 0.2) is 41.3 Å². The summed E-state index contributed by atoms with van der Waals surface area (Å²) >= 11 is 0. The first-order valence-electron chi connectivity index (χ1n) is 10.4. The molecule has 0 bridgehead atoms. The van der Waals surface area contributed by atoms with Crippen LogP contribution >= 0.6 is 0 Å². The van der Waals surface area contributed by atoms with Crippen molar-refractivity contribution in [3.63, 3.8) is 0 Å². The highest BCUT2D eigenvalue weighted by Crippen LogP contribution is 2.41. The van der Waals surface area contributed by atoms with Crippen molar-refractivity contribution < 1.29 is 13.9 Å². The van der Waals surface area contributed by atoms with E-state index in [1.165, 1.54) is 12.8 Å². The minimum absolute atomic E-state index is 0.194. The van der Waals surface area contributed by atoms with Crippen molar-refractivity contribution in [2.45, 2.75) is 50.5 Å². The van der Waals surface area contributed by atoms with Crippen LogP contribution in [-0.4, -0.2) is 28.2 Å². The van der Waals surface area contributed by atoms with Crippen LogP contribution in [0.4, 0.5) is 5.95 Å². The number of hydrogen-bond donors (Lipinski definition) is 1. The van der Waals surface area contributed by atoms with Gasteiger partial charge in [-0.25, -0.2) is 15.0 Å². The molecule has 0 aliphatic heterocycles. The van der Waals surface area contributed by atoms with E-state index in [0.717, 1.165) is 29.7 Å². The number of rotatable bonds is 7. The highest BCUT2D eigenvalue weighted by molar-refractivity contribution is 5.47. The lowest BCUT2D eigenvalue weighted by Gasteiger charge is -2.23. The van der Waals surface area contributed by atoms with Crippen molar-refractivity contribution in [2.24, 2.45) is 0 Å².